The highest BCUT2D eigenvalue weighted by Gasteiger charge is 2.33. The molecular weight excluding hydrogens is 274 g/mol. The number of carbonyl (C=O) groups excluding carboxylic acids is 1. The van der Waals surface area contributed by atoms with Crippen molar-refractivity contribution in [3.63, 3.8) is 0 Å². The Morgan fingerprint density at radius 1 is 1.32 bits per heavy atom. The van der Waals surface area contributed by atoms with Gasteiger partial charge in [-0.05, 0) is 37.5 Å². The van der Waals surface area contributed by atoms with Gasteiger partial charge in [0, 0.05) is 6.04 Å². The summed E-state index contributed by atoms with van der Waals surface area (Å²) < 4.78 is 0.649. The summed E-state index contributed by atoms with van der Waals surface area (Å²) in [4.78, 5) is 14.6. The van der Waals surface area contributed by atoms with Crippen molar-refractivity contribution in [3.8, 4) is 0 Å². The normalized spacial score (nSPS) is 17.9. The van der Waals surface area contributed by atoms with Gasteiger partial charge in [0.15, 0.2) is 0 Å². The number of carbonyl (C=O) groups is 1. The van der Waals surface area contributed by atoms with Gasteiger partial charge in [0.1, 0.15) is 4.32 Å². The zero-order valence-electron chi connectivity index (χ0n) is 11.3. The second-order valence-corrected chi connectivity index (χ2v) is 6.42. The standard InChI is InChI=1S/C15H17NOS2/c1-4-11-5-7-12(8-6-11)9-13-14(17)16(10(2)3)15(18)19-13/h5-10H,4H2,1-3H3. The maximum Gasteiger partial charge on any atom is 0.266 e. The molecule has 0 spiro atoms. The van der Waals surface area contributed by atoms with Crippen LogP contribution in [-0.4, -0.2) is 21.2 Å². The van der Waals surface area contributed by atoms with Gasteiger partial charge in [-0.15, -0.1) is 0 Å². The fourth-order valence-electron chi connectivity index (χ4n) is 1.93. The molecule has 1 heterocycles. The van der Waals surface area contributed by atoms with E-state index in [4.69, 9.17) is 12.2 Å². The predicted octanol–water partition coefficient (Wildman–Crippen LogP) is 3.86. The monoisotopic (exact) mass is 291 g/mol. The number of thiocarbonyl (C=S) groups is 1. The highest BCUT2D eigenvalue weighted by atomic mass is 32.2. The van der Waals surface area contributed by atoms with Crippen LogP contribution in [-0.2, 0) is 11.2 Å². The minimum atomic E-state index is 0.0181. The van der Waals surface area contributed by atoms with E-state index >= 15 is 0 Å². The minimum Gasteiger partial charge on any atom is -0.290 e. The van der Waals surface area contributed by atoms with Crippen molar-refractivity contribution in [1.29, 1.82) is 0 Å². The van der Waals surface area contributed by atoms with Crippen LogP contribution in [0.5, 0.6) is 0 Å². The van der Waals surface area contributed by atoms with Crippen LogP contribution in [0.1, 0.15) is 31.9 Å². The lowest BCUT2D eigenvalue weighted by Gasteiger charge is -2.18. The Labute approximate surface area is 123 Å². The average molecular weight is 291 g/mol. The Morgan fingerprint density at radius 2 is 1.95 bits per heavy atom. The van der Waals surface area contributed by atoms with E-state index in [2.05, 4.69) is 19.1 Å². The molecule has 0 saturated carbocycles. The number of amides is 1. The van der Waals surface area contributed by atoms with Crippen molar-refractivity contribution >= 4 is 40.3 Å². The van der Waals surface area contributed by atoms with E-state index < -0.39 is 0 Å². The smallest absolute Gasteiger partial charge is 0.266 e. The van der Waals surface area contributed by atoms with Crippen molar-refractivity contribution in [2.75, 3.05) is 0 Å². The fraction of sp³-hybridized carbons (Fsp3) is 0.333. The molecule has 1 aliphatic heterocycles. The van der Waals surface area contributed by atoms with Gasteiger partial charge in [-0.25, -0.2) is 0 Å². The van der Waals surface area contributed by atoms with Crippen molar-refractivity contribution in [2.24, 2.45) is 0 Å². The van der Waals surface area contributed by atoms with Gasteiger partial charge < -0.3 is 0 Å². The first kappa shape index (κ1) is 14.3. The van der Waals surface area contributed by atoms with Crippen LogP contribution in [0.3, 0.4) is 0 Å². The predicted molar refractivity (Wildman–Crippen MR) is 86.0 cm³/mol. The molecule has 1 aromatic rings. The second kappa shape index (κ2) is 5.88. The lowest BCUT2D eigenvalue weighted by atomic mass is 10.1. The van der Waals surface area contributed by atoms with E-state index in [0.717, 1.165) is 12.0 Å². The lowest BCUT2D eigenvalue weighted by Crippen LogP contribution is -2.34. The van der Waals surface area contributed by atoms with Crippen molar-refractivity contribution in [3.05, 3.63) is 40.3 Å². The maximum absolute atomic E-state index is 12.2. The quantitative estimate of drug-likeness (QED) is 0.623. The molecule has 0 N–H and O–H groups in total. The van der Waals surface area contributed by atoms with Gasteiger partial charge in [0.25, 0.3) is 5.91 Å². The summed E-state index contributed by atoms with van der Waals surface area (Å²) in [6, 6.07) is 8.38. The number of thioether (sulfide) groups is 1. The van der Waals surface area contributed by atoms with Gasteiger partial charge >= 0.3 is 0 Å². The first-order chi connectivity index (χ1) is 9.02. The molecule has 0 aromatic heterocycles. The third-order valence-corrected chi connectivity index (χ3v) is 4.36. The number of rotatable bonds is 3. The van der Waals surface area contributed by atoms with Crippen LogP contribution in [0.4, 0.5) is 0 Å². The Bertz CT molecular complexity index is 532. The van der Waals surface area contributed by atoms with Gasteiger partial charge in [-0.3, -0.25) is 9.69 Å². The molecule has 100 valence electrons. The minimum absolute atomic E-state index is 0.0181. The first-order valence-corrected chi connectivity index (χ1v) is 7.61. The molecule has 19 heavy (non-hydrogen) atoms. The van der Waals surface area contributed by atoms with E-state index in [1.54, 1.807) is 4.90 Å². The molecule has 0 aliphatic carbocycles. The molecule has 0 atom stereocenters. The third-order valence-electron chi connectivity index (χ3n) is 3.03. The summed E-state index contributed by atoms with van der Waals surface area (Å²) in [6.45, 7) is 6.08. The molecule has 0 radical (unpaired) electrons. The van der Waals surface area contributed by atoms with Gasteiger partial charge in [0.2, 0.25) is 0 Å². The number of aryl methyl sites for hydroxylation is 1. The Hall–Kier alpha value is -1.13. The second-order valence-electron chi connectivity index (χ2n) is 4.74. The average Bonchev–Trinajstić information content (AvgIpc) is 2.65. The van der Waals surface area contributed by atoms with Crippen LogP contribution in [0.2, 0.25) is 0 Å². The molecule has 2 rings (SSSR count). The summed E-state index contributed by atoms with van der Waals surface area (Å²) in [5, 5.41) is 0. The van der Waals surface area contributed by atoms with Gasteiger partial charge in [-0.2, -0.15) is 0 Å². The van der Waals surface area contributed by atoms with Crippen LogP contribution in [0, 0.1) is 0 Å². The molecule has 1 saturated heterocycles. The Morgan fingerprint density at radius 3 is 2.42 bits per heavy atom. The molecular formula is C15H17NOS2. The molecule has 1 fully saturated rings. The van der Waals surface area contributed by atoms with E-state index in [1.165, 1.54) is 17.3 Å². The number of benzene rings is 1. The van der Waals surface area contributed by atoms with E-state index in [-0.39, 0.29) is 11.9 Å². The molecule has 1 aromatic carbocycles. The summed E-state index contributed by atoms with van der Waals surface area (Å²) >= 11 is 6.64. The number of hydrogen-bond donors (Lipinski definition) is 0. The zero-order chi connectivity index (χ0) is 14.0. The Kier molecular flexibility index (Phi) is 4.42. The summed E-state index contributed by atoms with van der Waals surface area (Å²) in [6.07, 6.45) is 2.94. The summed E-state index contributed by atoms with van der Waals surface area (Å²) in [5.74, 6) is 0.0181. The number of hydrogen-bond acceptors (Lipinski definition) is 3. The SMILES string of the molecule is CCc1ccc(C=C2SC(=S)N(C(C)C)C2=O)cc1. The highest BCUT2D eigenvalue weighted by molar-refractivity contribution is 8.26. The molecule has 1 amide bonds. The first-order valence-electron chi connectivity index (χ1n) is 6.39. The molecule has 2 nitrogen and oxygen atoms in total. The maximum atomic E-state index is 12.2. The van der Waals surface area contributed by atoms with Gasteiger partial charge in [-0.1, -0.05) is 55.2 Å². The zero-order valence-corrected chi connectivity index (χ0v) is 13.0. The van der Waals surface area contributed by atoms with Crippen LogP contribution >= 0.6 is 24.0 Å². The fourth-order valence-corrected chi connectivity index (χ4v) is 3.45. The van der Waals surface area contributed by atoms with Crippen LogP contribution in [0.25, 0.3) is 6.08 Å². The van der Waals surface area contributed by atoms with Gasteiger partial charge in [0.05, 0.1) is 4.91 Å². The van der Waals surface area contributed by atoms with Crippen LogP contribution in [0.15, 0.2) is 29.2 Å². The summed E-state index contributed by atoms with van der Waals surface area (Å²) in [7, 11) is 0. The van der Waals surface area contributed by atoms with E-state index in [1.807, 2.05) is 32.1 Å². The highest BCUT2D eigenvalue weighted by Crippen LogP contribution is 2.33. The third kappa shape index (κ3) is 3.07. The van der Waals surface area contributed by atoms with E-state index in [9.17, 15) is 4.79 Å². The largest absolute Gasteiger partial charge is 0.290 e. The van der Waals surface area contributed by atoms with Crippen molar-refractivity contribution in [2.45, 2.75) is 33.2 Å². The molecule has 0 bridgehead atoms. The molecule has 1 aliphatic rings. The molecule has 0 unspecified atom stereocenters. The topological polar surface area (TPSA) is 20.3 Å². The lowest BCUT2D eigenvalue weighted by molar-refractivity contribution is -0.123. The van der Waals surface area contributed by atoms with Crippen molar-refractivity contribution < 1.29 is 4.79 Å². The van der Waals surface area contributed by atoms with E-state index in [0.29, 0.717) is 9.23 Å². The summed E-state index contributed by atoms with van der Waals surface area (Å²) in [5.41, 5.74) is 2.34. The Balaban J connectivity index is 2.24. The number of nitrogens with zero attached hydrogens (tertiary/aromatic N) is 1. The van der Waals surface area contributed by atoms with Crippen molar-refractivity contribution in [1.82, 2.24) is 4.90 Å². The molecule has 4 heteroatoms. The van der Waals surface area contributed by atoms with Crippen LogP contribution < -0.4 is 0 Å².